The molecule has 0 aromatic heterocycles. The van der Waals surface area contributed by atoms with Gasteiger partial charge < -0.3 is 14.8 Å². The van der Waals surface area contributed by atoms with Gasteiger partial charge in [0.2, 0.25) is 0 Å². The lowest BCUT2D eigenvalue weighted by molar-refractivity contribution is -0.148. The van der Waals surface area contributed by atoms with E-state index in [1.165, 1.54) is 7.11 Å². The van der Waals surface area contributed by atoms with Crippen LogP contribution in [0.25, 0.3) is 0 Å². The largest absolute Gasteiger partial charge is 0.496 e. The lowest BCUT2D eigenvalue weighted by Crippen LogP contribution is -2.47. The summed E-state index contributed by atoms with van der Waals surface area (Å²) >= 11 is 5.94. The van der Waals surface area contributed by atoms with Crippen LogP contribution in [0.3, 0.4) is 0 Å². The summed E-state index contributed by atoms with van der Waals surface area (Å²) in [5.74, 6) is -0.276. The molecule has 1 aromatic carbocycles. The van der Waals surface area contributed by atoms with Gasteiger partial charge in [0.15, 0.2) is 6.61 Å². The number of carbonyl (C=O) groups is 2. The van der Waals surface area contributed by atoms with Gasteiger partial charge in [-0.15, -0.1) is 0 Å². The normalized spacial score (nSPS) is 11.8. The van der Waals surface area contributed by atoms with Crippen LogP contribution in [0.5, 0.6) is 5.75 Å². The summed E-state index contributed by atoms with van der Waals surface area (Å²) in [5, 5.41) is 3.41. The fraction of sp³-hybridized carbons (Fsp3) is 0.579. The molecule has 6 heteroatoms. The number of ether oxygens (including phenoxy) is 2. The molecule has 0 aliphatic carbocycles. The summed E-state index contributed by atoms with van der Waals surface area (Å²) in [5.41, 5.74) is 0.322. The molecule has 5 nitrogen and oxygen atoms in total. The van der Waals surface area contributed by atoms with Crippen molar-refractivity contribution in [2.45, 2.75) is 53.0 Å². The Morgan fingerprint density at radius 2 is 1.80 bits per heavy atom. The third-order valence-corrected chi connectivity index (χ3v) is 3.63. The van der Waals surface area contributed by atoms with Gasteiger partial charge in [0.05, 0.1) is 13.5 Å². The zero-order valence-electron chi connectivity index (χ0n) is 15.9. The van der Waals surface area contributed by atoms with E-state index < -0.39 is 5.97 Å². The van der Waals surface area contributed by atoms with Crippen LogP contribution < -0.4 is 10.1 Å². The number of halogens is 1. The van der Waals surface area contributed by atoms with E-state index in [4.69, 9.17) is 21.1 Å². The topological polar surface area (TPSA) is 64.6 Å². The van der Waals surface area contributed by atoms with E-state index in [1.807, 2.05) is 13.8 Å². The van der Waals surface area contributed by atoms with E-state index in [9.17, 15) is 9.59 Å². The van der Waals surface area contributed by atoms with Gasteiger partial charge in [-0.1, -0.05) is 32.4 Å². The third-order valence-electron chi connectivity index (χ3n) is 3.39. The van der Waals surface area contributed by atoms with Crippen molar-refractivity contribution in [3.63, 3.8) is 0 Å². The first kappa shape index (κ1) is 21.3. The number of methoxy groups -OCH3 is 1. The maximum Gasteiger partial charge on any atom is 0.310 e. The van der Waals surface area contributed by atoms with Gasteiger partial charge in [-0.3, -0.25) is 9.59 Å². The van der Waals surface area contributed by atoms with Crippen molar-refractivity contribution in [3.05, 3.63) is 28.8 Å². The number of rotatable bonds is 7. The van der Waals surface area contributed by atoms with Gasteiger partial charge in [0.25, 0.3) is 5.91 Å². The number of hydrogen-bond acceptors (Lipinski definition) is 4. The van der Waals surface area contributed by atoms with Crippen molar-refractivity contribution in [2.75, 3.05) is 13.7 Å². The predicted octanol–water partition coefficient (Wildman–Crippen LogP) is 3.77. The Kier molecular flexibility index (Phi) is 7.29. The maximum atomic E-state index is 12.0. The van der Waals surface area contributed by atoms with Crippen molar-refractivity contribution < 1.29 is 19.1 Å². The summed E-state index contributed by atoms with van der Waals surface area (Å²) in [6.07, 6.45) is 0.793. The molecular weight excluding hydrogens is 342 g/mol. The number of amides is 1. The highest BCUT2D eigenvalue weighted by molar-refractivity contribution is 6.30. The van der Waals surface area contributed by atoms with Gasteiger partial charge in [-0.05, 0) is 43.9 Å². The summed E-state index contributed by atoms with van der Waals surface area (Å²) in [6.45, 7) is 9.93. The average Bonchev–Trinajstić information content (AvgIpc) is 2.42. The highest BCUT2D eigenvalue weighted by Gasteiger charge is 2.27. The van der Waals surface area contributed by atoms with E-state index in [0.29, 0.717) is 16.3 Å². The molecule has 1 amide bonds. The zero-order chi connectivity index (χ0) is 19.3. The quantitative estimate of drug-likeness (QED) is 0.743. The minimum atomic E-state index is -0.510. The molecule has 1 aromatic rings. The van der Waals surface area contributed by atoms with Crippen molar-refractivity contribution in [2.24, 2.45) is 5.41 Å². The monoisotopic (exact) mass is 369 g/mol. The Balaban J connectivity index is 2.54. The van der Waals surface area contributed by atoms with Gasteiger partial charge in [0, 0.05) is 16.1 Å². The predicted molar refractivity (Wildman–Crippen MR) is 99.0 cm³/mol. The van der Waals surface area contributed by atoms with E-state index in [1.54, 1.807) is 18.2 Å². The molecule has 0 aliphatic rings. The molecule has 140 valence electrons. The van der Waals surface area contributed by atoms with Crippen LogP contribution in [0, 0.1) is 5.41 Å². The van der Waals surface area contributed by atoms with Crippen LogP contribution in [-0.4, -0.2) is 31.1 Å². The van der Waals surface area contributed by atoms with Crippen molar-refractivity contribution in [1.29, 1.82) is 0 Å². The van der Waals surface area contributed by atoms with E-state index in [-0.39, 0.29) is 29.9 Å². The molecule has 1 rings (SSSR count). The van der Waals surface area contributed by atoms with Crippen LogP contribution in [0.15, 0.2) is 18.2 Å². The first-order valence-electron chi connectivity index (χ1n) is 8.21. The van der Waals surface area contributed by atoms with Crippen molar-refractivity contribution in [3.8, 4) is 5.75 Å². The van der Waals surface area contributed by atoms with Crippen LogP contribution in [0.2, 0.25) is 5.02 Å². The SMILES string of the molecule is COc1ccc(Cl)cc1CC(=O)OCC(=O)NC(C)(C)CC(C)(C)C. The van der Waals surface area contributed by atoms with Gasteiger partial charge in [0.1, 0.15) is 5.75 Å². The van der Waals surface area contributed by atoms with Crippen LogP contribution in [-0.2, 0) is 20.7 Å². The first-order chi connectivity index (χ1) is 11.4. The lowest BCUT2D eigenvalue weighted by atomic mass is 9.82. The second kappa shape index (κ2) is 8.56. The van der Waals surface area contributed by atoms with Crippen LogP contribution >= 0.6 is 11.6 Å². The lowest BCUT2D eigenvalue weighted by Gasteiger charge is -2.33. The maximum absolute atomic E-state index is 12.0. The van der Waals surface area contributed by atoms with Gasteiger partial charge in [-0.2, -0.15) is 0 Å². The molecule has 0 fully saturated rings. The number of hydrogen-bond donors (Lipinski definition) is 1. The highest BCUT2D eigenvalue weighted by atomic mass is 35.5. The summed E-state index contributed by atoms with van der Waals surface area (Å²) < 4.78 is 10.3. The molecule has 0 aliphatic heterocycles. The molecule has 0 spiro atoms. The van der Waals surface area contributed by atoms with Gasteiger partial charge >= 0.3 is 5.97 Å². The molecule has 0 radical (unpaired) electrons. The second-order valence-corrected chi connectivity index (χ2v) is 8.40. The number of carbonyl (C=O) groups excluding carboxylic acids is 2. The fourth-order valence-corrected chi connectivity index (χ4v) is 3.22. The minimum Gasteiger partial charge on any atom is -0.496 e. The molecule has 0 bridgehead atoms. The summed E-state index contributed by atoms with van der Waals surface area (Å²) in [4.78, 5) is 24.0. The molecular formula is C19H28ClNO4. The fourth-order valence-electron chi connectivity index (χ4n) is 3.02. The minimum absolute atomic E-state index is 0.0115. The van der Waals surface area contributed by atoms with E-state index in [0.717, 1.165) is 6.42 Å². The average molecular weight is 370 g/mol. The summed E-state index contributed by atoms with van der Waals surface area (Å²) in [6, 6.07) is 5.01. The Bertz CT molecular complexity index is 620. The summed E-state index contributed by atoms with van der Waals surface area (Å²) in [7, 11) is 1.52. The van der Waals surface area contributed by atoms with Crippen LogP contribution in [0.4, 0.5) is 0 Å². The molecule has 25 heavy (non-hydrogen) atoms. The van der Waals surface area contributed by atoms with E-state index in [2.05, 4.69) is 26.1 Å². The zero-order valence-corrected chi connectivity index (χ0v) is 16.6. The van der Waals surface area contributed by atoms with Gasteiger partial charge in [-0.25, -0.2) is 0 Å². The molecule has 1 N–H and O–H groups in total. The Labute approximate surface area is 155 Å². The molecule has 0 saturated carbocycles. The molecule has 0 saturated heterocycles. The second-order valence-electron chi connectivity index (χ2n) is 7.96. The van der Waals surface area contributed by atoms with Crippen molar-refractivity contribution >= 4 is 23.5 Å². The molecule has 0 atom stereocenters. The Morgan fingerprint density at radius 1 is 1.16 bits per heavy atom. The first-order valence-corrected chi connectivity index (χ1v) is 8.59. The standard InChI is InChI=1S/C19H28ClNO4/c1-18(2,3)12-19(4,5)21-16(22)11-25-17(23)10-13-9-14(20)7-8-15(13)24-6/h7-9H,10-12H2,1-6H3,(H,21,22). The van der Waals surface area contributed by atoms with Crippen LogP contribution in [0.1, 0.15) is 46.6 Å². The van der Waals surface area contributed by atoms with Crippen molar-refractivity contribution in [1.82, 2.24) is 5.32 Å². The third kappa shape index (κ3) is 8.25. The smallest absolute Gasteiger partial charge is 0.310 e. The Hall–Kier alpha value is -1.75. The number of nitrogens with one attached hydrogen (secondary N) is 1. The number of esters is 1. The molecule has 0 heterocycles. The number of benzene rings is 1. The highest BCUT2D eigenvalue weighted by Crippen LogP contribution is 2.26. The Morgan fingerprint density at radius 3 is 2.36 bits per heavy atom. The van der Waals surface area contributed by atoms with E-state index >= 15 is 0 Å². The molecule has 0 unspecified atom stereocenters.